The van der Waals surface area contributed by atoms with E-state index in [2.05, 4.69) is 31.4 Å². The Bertz CT molecular complexity index is 1560. The Hall–Kier alpha value is -4.40. The third-order valence-electron chi connectivity index (χ3n) is 7.11. The summed E-state index contributed by atoms with van der Waals surface area (Å²) in [6.07, 6.45) is 0.184. The number of ketones is 1. The fourth-order valence-electron chi connectivity index (χ4n) is 5.03. The van der Waals surface area contributed by atoms with Gasteiger partial charge in [0.2, 0.25) is 0 Å². The molecule has 2 heterocycles. The number of Topliss-reactive ketones (excluding diaryl/α,β-unsaturated/α-hetero) is 1. The van der Waals surface area contributed by atoms with Gasteiger partial charge in [-0.2, -0.15) is 0 Å². The summed E-state index contributed by atoms with van der Waals surface area (Å²) in [7, 11) is 0. The summed E-state index contributed by atoms with van der Waals surface area (Å²) in [5, 5.41) is 16.2. The van der Waals surface area contributed by atoms with Crippen LogP contribution in [0.4, 0.5) is 15.8 Å². The van der Waals surface area contributed by atoms with E-state index in [1.54, 1.807) is 19.1 Å². The summed E-state index contributed by atoms with van der Waals surface area (Å²) < 4.78 is 20.8. The molecule has 0 radical (unpaired) electrons. The Balaban J connectivity index is 1.49. The van der Waals surface area contributed by atoms with Crippen molar-refractivity contribution >= 4 is 29.0 Å². The minimum atomic E-state index is -1.19. The van der Waals surface area contributed by atoms with Gasteiger partial charge in [0, 0.05) is 11.3 Å². The quantitative estimate of drug-likeness (QED) is 0.350. The second kappa shape index (κ2) is 9.41. The van der Waals surface area contributed by atoms with Crippen LogP contribution in [-0.2, 0) is 11.3 Å². The lowest BCUT2D eigenvalue weighted by molar-refractivity contribution is -0.116. The smallest absolute Gasteiger partial charge is 0.337 e. The third-order valence-corrected chi connectivity index (χ3v) is 7.11. The average molecular weight is 532 g/mol. The van der Waals surface area contributed by atoms with E-state index in [0.717, 1.165) is 17.1 Å². The molecule has 0 saturated carbocycles. The lowest BCUT2D eigenvalue weighted by Crippen LogP contribution is -2.39. The van der Waals surface area contributed by atoms with Crippen molar-refractivity contribution in [1.29, 1.82) is 0 Å². The van der Waals surface area contributed by atoms with Crippen LogP contribution in [0.1, 0.15) is 76.6 Å². The zero-order valence-corrected chi connectivity index (χ0v) is 22.4. The number of fused-ring (bicyclic) bond motifs is 1. The summed E-state index contributed by atoms with van der Waals surface area (Å²) in [6, 6.07) is 10.9. The van der Waals surface area contributed by atoms with Gasteiger partial charge in [-0.15, -0.1) is 0 Å². The molecule has 1 aliphatic heterocycles. The largest absolute Gasteiger partial charge is 0.478 e. The fraction of sp³-hybridized carbons (Fsp3) is 0.300. The molecule has 0 fully saturated rings. The molecule has 9 heteroatoms. The topological polar surface area (TPSA) is 112 Å². The van der Waals surface area contributed by atoms with E-state index in [1.807, 2.05) is 19.1 Å². The van der Waals surface area contributed by atoms with E-state index in [9.17, 15) is 23.9 Å². The highest BCUT2D eigenvalue weighted by Crippen LogP contribution is 2.40. The van der Waals surface area contributed by atoms with Gasteiger partial charge < -0.3 is 25.1 Å². The Morgan fingerprint density at radius 1 is 1.10 bits per heavy atom. The van der Waals surface area contributed by atoms with Crippen molar-refractivity contribution < 1.29 is 28.3 Å². The minimum absolute atomic E-state index is 0.0542. The Kier molecular flexibility index (Phi) is 6.33. The van der Waals surface area contributed by atoms with Crippen molar-refractivity contribution in [2.45, 2.75) is 53.6 Å². The number of nitrogens with one attached hydrogen (secondary N) is 2. The summed E-state index contributed by atoms with van der Waals surface area (Å²) in [5.74, 6) is -0.929. The highest BCUT2D eigenvalue weighted by molar-refractivity contribution is 6.16. The number of anilines is 2. The number of rotatable bonds is 7. The van der Waals surface area contributed by atoms with E-state index in [1.165, 1.54) is 23.1 Å². The normalized spacial score (nSPS) is 15.8. The predicted molar refractivity (Wildman–Crippen MR) is 144 cm³/mol. The number of nitrogens with zero attached hydrogens (tertiary/aromatic N) is 1. The van der Waals surface area contributed by atoms with Crippen LogP contribution in [0.15, 0.2) is 58.3 Å². The molecule has 1 aliphatic carbocycles. The van der Waals surface area contributed by atoms with Gasteiger partial charge in [0.1, 0.15) is 23.0 Å². The minimum Gasteiger partial charge on any atom is -0.478 e. The van der Waals surface area contributed by atoms with Gasteiger partial charge in [0.25, 0.3) is 5.91 Å². The van der Waals surface area contributed by atoms with E-state index in [0.29, 0.717) is 11.4 Å². The number of aryl methyl sites for hydroxylation is 2. The zero-order chi connectivity index (χ0) is 28.2. The highest BCUT2D eigenvalue weighted by Gasteiger charge is 2.38. The van der Waals surface area contributed by atoms with Gasteiger partial charge >= 0.3 is 5.97 Å². The van der Waals surface area contributed by atoms with Crippen molar-refractivity contribution in [3.8, 4) is 0 Å². The number of amides is 1. The molecule has 0 bridgehead atoms. The van der Waals surface area contributed by atoms with Crippen LogP contribution in [0.5, 0.6) is 0 Å². The molecular formula is C30H30FN3O5. The molecule has 0 spiro atoms. The molecular weight excluding hydrogens is 501 g/mol. The number of halogens is 1. The zero-order valence-electron chi connectivity index (χ0n) is 22.4. The number of carboxylic acid groups (broad SMARTS) is 1. The molecule has 3 aromatic rings. The first-order valence-corrected chi connectivity index (χ1v) is 12.7. The number of hydrogen-bond donors (Lipinski definition) is 3. The van der Waals surface area contributed by atoms with Crippen LogP contribution in [0.25, 0.3) is 0 Å². The maximum atomic E-state index is 14.9. The molecule has 2 aliphatic rings. The van der Waals surface area contributed by atoms with Crippen molar-refractivity contribution in [2.75, 3.05) is 10.2 Å². The second-order valence-corrected chi connectivity index (χ2v) is 11.1. The van der Waals surface area contributed by atoms with Crippen LogP contribution in [0, 0.1) is 25.1 Å². The molecule has 1 amide bonds. The summed E-state index contributed by atoms with van der Waals surface area (Å²) in [5.41, 5.74) is 2.13. The first kappa shape index (κ1) is 26.2. The number of allylic oxidation sites excluding steroid dienone is 2. The summed E-state index contributed by atoms with van der Waals surface area (Å²) in [6.45, 7) is 9.72. The molecule has 0 unspecified atom stereocenters. The van der Waals surface area contributed by atoms with Crippen LogP contribution in [0.3, 0.4) is 0 Å². The van der Waals surface area contributed by atoms with E-state index < -0.39 is 17.7 Å². The number of hydrogen-bond acceptors (Lipinski definition) is 6. The molecule has 202 valence electrons. The Labute approximate surface area is 225 Å². The van der Waals surface area contributed by atoms with Gasteiger partial charge in [0.05, 0.1) is 41.5 Å². The van der Waals surface area contributed by atoms with Gasteiger partial charge in [-0.25, -0.2) is 9.18 Å². The van der Waals surface area contributed by atoms with E-state index in [-0.39, 0.29) is 58.3 Å². The third kappa shape index (κ3) is 4.69. The molecule has 39 heavy (non-hydrogen) atoms. The molecule has 3 N–H and O–H groups in total. The maximum Gasteiger partial charge on any atom is 0.337 e. The summed E-state index contributed by atoms with van der Waals surface area (Å²) in [4.78, 5) is 39.4. The molecule has 1 aromatic heterocycles. The number of carbonyl (C=O) groups excluding carboxylic acids is 2. The number of carboxylic acids is 1. The monoisotopic (exact) mass is 531 g/mol. The van der Waals surface area contributed by atoms with Crippen molar-refractivity contribution in [3.05, 3.63) is 93.5 Å². The number of carbonyl (C=O) groups is 3. The fourth-order valence-corrected chi connectivity index (χ4v) is 5.03. The van der Waals surface area contributed by atoms with E-state index in [4.69, 9.17) is 4.42 Å². The van der Waals surface area contributed by atoms with Crippen LogP contribution >= 0.6 is 0 Å². The van der Waals surface area contributed by atoms with Crippen molar-refractivity contribution in [1.82, 2.24) is 5.32 Å². The lowest BCUT2D eigenvalue weighted by Gasteiger charge is -2.35. The predicted octanol–water partition coefficient (Wildman–Crippen LogP) is 5.87. The van der Waals surface area contributed by atoms with Crippen molar-refractivity contribution in [2.24, 2.45) is 5.41 Å². The first-order valence-electron chi connectivity index (χ1n) is 12.7. The van der Waals surface area contributed by atoms with Crippen molar-refractivity contribution in [3.63, 3.8) is 0 Å². The van der Waals surface area contributed by atoms with Crippen LogP contribution < -0.4 is 15.5 Å². The number of benzene rings is 2. The SMILES string of the molecule is Cc1ccc(C(=O)O)c(N2Cc3c(F)ccc(NC4=C(N[C@@H](c5ccc(C)o5)C(C)(C)C)CC4=O)c3C2=O)c1. The van der Waals surface area contributed by atoms with Gasteiger partial charge in [-0.05, 0) is 61.2 Å². The highest BCUT2D eigenvalue weighted by atomic mass is 19.1. The second-order valence-electron chi connectivity index (χ2n) is 11.1. The Morgan fingerprint density at radius 2 is 1.85 bits per heavy atom. The number of furan rings is 1. The summed E-state index contributed by atoms with van der Waals surface area (Å²) >= 11 is 0. The molecule has 8 nitrogen and oxygen atoms in total. The van der Waals surface area contributed by atoms with Crippen LogP contribution in [0.2, 0.25) is 0 Å². The Morgan fingerprint density at radius 3 is 2.46 bits per heavy atom. The standard InChI is InChI=1S/C30H30FN3O5/c1-15-6-8-17(29(37)38)22(12-15)34-14-18-19(31)9-10-20(25(18)28(34)36)32-26-21(13-23(26)35)33-27(30(3,4)5)24-11-7-16(2)39-24/h6-12,27,32-33H,13-14H2,1-5H3,(H,37,38)/t27-/m0/s1. The van der Waals surface area contributed by atoms with Gasteiger partial charge in [0.15, 0.2) is 5.78 Å². The average Bonchev–Trinajstić information content (AvgIpc) is 3.43. The molecule has 0 saturated heterocycles. The lowest BCUT2D eigenvalue weighted by atomic mass is 9.84. The van der Waals surface area contributed by atoms with Gasteiger partial charge in [-0.3, -0.25) is 9.59 Å². The first-order chi connectivity index (χ1) is 18.3. The van der Waals surface area contributed by atoms with Gasteiger partial charge in [-0.1, -0.05) is 26.8 Å². The van der Waals surface area contributed by atoms with E-state index >= 15 is 0 Å². The molecule has 5 rings (SSSR count). The number of aromatic carboxylic acids is 1. The molecule has 2 aromatic carbocycles. The van der Waals surface area contributed by atoms with Crippen LogP contribution in [-0.4, -0.2) is 22.8 Å². The maximum absolute atomic E-state index is 14.9. The molecule has 1 atom stereocenters.